The van der Waals surface area contributed by atoms with Gasteiger partial charge in [-0.15, -0.1) is 0 Å². The molecule has 2 aliphatic heterocycles. The van der Waals surface area contributed by atoms with Crippen molar-refractivity contribution in [2.75, 3.05) is 7.05 Å². The Bertz CT molecular complexity index is 327. The van der Waals surface area contributed by atoms with Crippen molar-refractivity contribution in [1.82, 2.24) is 15.5 Å². The zero-order valence-corrected chi connectivity index (χ0v) is 12.7. The molecule has 3 aliphatic rings. The number of hydrogen-bond donors (Lipinski definition) is 2. The highest BCUT2D eigenvalue weighted by molar-refractivity contribution is 5.74. The molecule has 4 nitrogen and oxygen atoms in total. The second-order valence-electron chi connectivity index (χ2n) is 7.03. The SMILES string of the molecule is CN1C2CCCC1CC(NC(=O)NC1CCCCC1)C2. The molecule has 2 heterocycles. The normalized spacial score (nSPS) is 35.5. The standard InChI is InChI=1S/C16H29N3O/c1-19-14-8-5-9-15(19)11-13(10-14)18-16(20)17-12-6-3-2-4-7-12/h12-15H,2-11H2,1H3,(H2,17,18,20). The first kappa shape index (κ1) is 14.2. The number of nitrogens with zero attached hydrogens (tertiary/aromatic N) is 1. The van der Waals surface area contributed by atoms with Crippen molar-refractivity contribution in [1.29, 1.82) is 0 Å². The molecule has 1 aliphatic carbocycles. The first-order valence-corrected chi connectivity index (χ1v) is 8.51. The topological polar surface area (TPSA) is 44.4 Å². The monoisotopic (exact) mass is 279 g/mol. The Labute approximate surface area is 122 Å². The van der Waals surface area contributed by atoms with Crippen molar-refractivity contribution in [3.63, 3.8) is 0 Å². The van der Waals surface area contributed by atoms with Gasteiger partial charge in [-0.1, -0.05) is 25.7 Å². The maximum atomic E-state index is 12.1. The maximum Gasteiger partial charge on any atom is 0.315 e. The lowest BCUT2D eigenvalue weighted by atomic mass is 9.82. The summed E-state index contributed by atoms with van der Waals surface area (Å²) in [6.07, 6.45) is 12.4. The Morgan fingerprint density at radius 1 is 0.850 bits per heavy atom. The van der Waals surface area contributed by atoms with Crippen LogP contribution in [-0.2, 0) is 0 Å². The molecular formula is C16H29N3O. The van der Waals surface area contributed by atoms with Gasteiger partial charge in [-0.2, -0.15) is 0 Å². The van der Waals surface area contributed by atoms with E-state index in [1.165, 1.54) is 38.5 Å². The molecule has 2 saturated heterocycles. The molecule has 20 heavy (non-hydrogen) atoms. The van der Waals surface area contributed by atoms with Gasteiger partial charge in [0, 0.05) is 24.2 Å². The quantitative estimate of drug-likeness (QED) is 0.816. The van der Waals surface area contributed by atoms with Crippen LogP contribution < -0.4 is 10.6 Å². The molecule has 2 N–H and O–H groups in total. The summed E-state index contributed by atoms with van der Waals surface area (Å²) in [5, 5.41) is 6.42. The van der Waals surface area contributed by atoms with Gasteiger partial charge in [-0.3, -0.25) is 0 Å². The third-order valence-electron chi connectivity index (χ3n) is 5.62. The zero-order chi connectivity index (χ0) is 13.9. The fourth-order valence-corrected chi connectivity index (χ4v) is 4.39. The lowest BCUT2D eigenvalue weighted by molar-refractivity contribution is 0.0507. The van der Waals surface area contributed by atoms with Crippen LogP contribution in [0.1, 0.15) is 64.2 Å². The fourth-order valence-electron chi connectivity index (χ4n) is 4.39. The largest absolute Gasteiger partial charge is 0.335 e. The Kier molecular flexibility index (Phi) is 4.49. The Balaban J connectivity index is 1.46. The molecular weight excluding hydrogens is 250 g/mol. The predicted molar refractivity (Wildman–Crippen MR) is 80.8 cm³/mol. The van der Waals surface area contributed by atoms with Crippen molar-refractivity contribution in [3.8, 4) is 0 Å². The average Bonchev–Trinajstić information content (AvgIpc) is 2.41. The number of piperidine rings is 2. The van der Waals surface area contributed by atoms with Crippen molar-refractivity contribution < 1.29 is 4.79 Å². The van der Waals surface area contributed by atoms with E-state index in [2.05, 4.69) is 22.6 Å². The van der Waals surface area contributed by atoms with Crippen LogP contribution in [0.15, 0.2) is 0 Å². The first-order chi connectivity index (χ1) is 9.72. The van der Waals surface area contributed by atoms with Crippen LogP contribution >= 0.6 is 0 Å². The minimum Gasteiger partial charge on any atom is -0.335 e. The van der Waals surface area contributed by atoms with Crippen LogP contribution in [0.3, 0.4) is 0 Å². The lowest BCUT2D eigenvalue weighted by Crippen LogP contribution is -2.57. The molecule has 3 fully saturated rings. The van der Waals surface area contributed by atoms with E-state index < -0.39 is 0 Å². The van der Waals surface area contributed by atoms with E-state index in [0.717, 1.165) is 25.7 Å². The molecule has 2 bridgehead atoms. The molecule has 0 radical (unpaired) electrons. The highest BCUT2D eigenvalue weighted by Crippen LogP contribution is 2.32. The summed E-state index contributed by atoms with van der Waals surface area (Å²) >= 11 is 0. The number of hydrogen-bond acceptors (Lipinski definition) is 2. The van der Waals surface area contributed by atoms with Crippen LogP contribution in [-0.4, -0.2) is 42.1 Å². The van der Waals surface area contributed by atoms with E-state index in [1.807, 2.05) is 0 Å². The molecule has 0 spiro atoms. The first-order valence-electron chi connectivity index (χ1n) is 8.51. The van der Waals surface area contributed by atoms with Gasteiger partial charge in [0.05, 0.1) is 0 Å². The second-order valence-corrected chi connectivity index (χ2v) is 7.03. The van der Waals surface area contributed by atoms with Crippen molar-refractivity contribution in [2.24, 2.45) is 0 Å². The third kappa shape index (κ3) is 3.27. The Morgan fingerprint density at radius 2 is 1.45 bits per heavy atom. The maximum absolute atomic E-state index is 12.1. The highest BCUT2D eigenvalue weighted by atomic mass is 16.2. The summed E-state index contributed by atoms with van der Waals surface area (Å²) in [5.74, 6) is 0. The van der Waals surface area contributed by atoms with E-state index in [4.69, 9.17) is 0 Å². The van der Waals surface area contributed by atoms with Crippen LogP contribution in [0.5, 0.6) is 0 Å². The Hall–Kier alpha value is -0.770. The minimum absolute atomic E-state index is 0.0736. The van der Waals surface area contributed by atoms with Gasteiger partial charge in [-0.25, -0.2) is 4.79 Å². The van der Waals surface area contributed by atoms with Gasteiger partial charge in [0.25, 0.3) is 0 Å². The van der Waals surface area contributed by atoms with E-state index in [0.29, 0.717) is 24.2 Å². The van der Waals surface area contributed by atoms with Crippen molar-refractivity contribution in [2.45, 2.75) is 88.4 Å². The molecule has 2 amide bonds. The van der Waals surface area contributed by atoms with E-state index in [9.17, 15) is 4.79 Å². The van der Waals surface area contributed by atoms with Crippen LogP contribution in [0.4, 0.5) is 4.79 Å². The van der Waals surface area contributed by atoms with Gasteiger partial charge in [0.15, 0.2) is 0 Å². The highest BCUT2D eigenvalue weighted by Gasteiger charge is 2.36. The lowest BCUT2D eigenvalue weighted by Gasteiger charge is -2.47. The number of amides is 2. The Morgan fingerprint density at radius 3 is 2.10 bits per heavy atom. The molecule has 114 valence electrons. The smallest absolute Gasteiger partial charge is 0.315 e. The summed E-state index contributed by atoms with van der Waals surface area (Å²) in [6, 6.07) is 2.23. The number of fused-ring (bicyclic) bond motifs is 2. The van der Waals surface area contributed by atoms with E-state index in [-0.39, 0.29) is 6.03 Å². The zero-order valence-electron chi connectivity index (χ0n) is 12.7. The molecule has 3 rings (SSSR count). The fraction of sp³-hybridized carbons (Fsp3) is 0.938. The predicted octanol–water partition coefficient (Wildman–Crippen LogP) is 2.63. The summed E-state index contributed by atoms with van der Waals surface area (Å²) in [5.41, 5.74) is 0. The number of carbonyl (C=O) groups excluding carboxylic acids is 1. The van der Waals surface area contributed by atoms with E-state index >= 15 is 0 Å². The van der Waals surface area contributed by atoms with Crippen LogP contribution in [0, 0.1) is 0 Å². The van der Waals surface area contributed by atoms with Gasteiger partial charge in [-0.05, 0) is 45.6 Å². The summed E-state index contributed by atoms with van der Waals surface area (Å²) < 4.78 is 0. The number of urea groups is 1. The van der Waals surface area contributed by atoms with Gasteiger partial charge < -0.3 is 15.5 Å². The molecule has 0 aromatic rings. The molecule has 4 heteroatoms. The molecule has 2 unspecified atom stereocenters. The van der Waals surface area contributed by atoms with Crippen molar-refractivity contribution >= 4 is 6.03 Å². The minimum atomic E-state index is 0.0736. The molecule has 0 aromatic carbocycles. The second kappa shape index (κ2) is 6.33. The van der Waals surface area contributed by atoms with Crippen molar-refractivity contribution in [3.05, 3.63) is 0 Å². The van der Waals surface area contributed by atoms with Crippen LogP contribution in [0.25, 0.3) is 0 Å². The number of rotatable bonds is 2. The van der Waals surface area contributed by atoms with Gasteiger partial charge >= 0.3 is 6.03 Å². The summed E-state index contributed by atoms with van der Waals surface area (Å²) in [4.78, 5) is 14.7. The van der Waals surface area contributed by atoms with Crippen LogP contribution in [0.2, 0.25) is 0 Å². The number of nitrogens with one attached hydrogen (secondary N) is 2. The molecule has 0 aromatic heterocycles. The average molecular weight is 279 g/mol. The molecule has 2 atom stereocenters. The van der Waals surface area contributed by atoms with Gasteiger partial charge in [0.2, 0.25) is 0 Å². The summed E-state index contributed by atoms with van der Waals surface area (Å²) in [6.45, 7) is 0. The summed E-state index contributed by atoms with van der Waals surface area (Å²) in [7, 11) is 2.26. The third-order valence-corrected chi connectivity index (χ3v) is 5.62. The number of carbonyl (C=O) groups is 1. The van der Waals surface area contributed by atoms with Gasteiger partial charge in [0.1, 0.15) is 0 Å². The molecule has 1 saturated carbocycles. The van der Waals surface area contributed by atoms with E-state index in [1.54, 1.807) is 0 Å².